The van der Waals surface area contributed by atoms with Gasteiger partial charge in [-0.25, -0.2) is 0 Å². The number of aromatic nitrogens is 2. The Bertz CT molecular complexity index is 491. The molecule has 0 bridgehead atoms. The molecule has 104 valence electrons. The van der Waals surface area contributed by atoms with Crippen LogP contribution < -0.4 is 0 Å². The van der Waals surface area contributed by atoms with Crippen molar-refractivity contribution in [2.75, 3.05) is 19.7 Å². The van der Waals surface area contributed by atoms with Crippen LogP contribution in [0.1, 0.15) is 23.3 Å². The van der Waals surface area contributed by atoms with Gasteiger partial charge in [-0.2, -0.15) is 5.10 Å². The van der Waals surface area contributed by atoms with Crippen molar-refractivity contribution in [3.05, 3.63) is 22.0 Å². The summed E-state index contributed by atoms with van der Waals surface area (Å²) in [6, 6.07) is 0. The molecular formula is C11H16N4O4. The lowest BCUT2D eigenvalue weighted by Gasteiger charge is -2.30. The molecular weight excluding hydrogens is 252 g/mol. The van der Waals surface area contributed by atoms with E-state index in [9.17, 15) is 14.9 Å². The standard InChI is InChI=1S/C11H16N4O4/c1-13-6-9(15(18)19)10(12-13)11(17)14-4-2-8(7-16)3-5-14/h6,8,16H,2-5,7H2,1H3. The molecule has 0 saturated carbocycles. The van der Waals surface area contributed by atoms with Crippen molar-refractivity contribution in [3.8, 4) is 0 Å². The summed E-state index contributed by atoms with van der Waals surface area (Å²) in [6.07, 6.45) is 2.65. The quantitative estimate of drug-likeness (QED) is 0.622. The van der Waals surface area contributed by atoms with Crippen LogP contribution in [0, 0.1) is 16.0 Å². The van der Waals surface area contributed by atoms with Crippen molar-refractivity contribution in [1.82, 2.24) is 14.7 Å². The van der Waals surface area contributed by atoms with Crippen LogP contribution >= 0.6 is 0 Å². The van der Waals surface area contributed by atoms with Crippen LogP contribution in [0.15, 0.2) is 6.20 Å². The van der Waals surface area contributed by atoms with Gasteiger partial charge in [-0.1, -0.05) is 0 Å². The summed E-state index contributed by atoms with van der Waals surface area (Å²) in [4.78, 5) is 24.0. The first-order valence-electron chi connectivity index (χ1n) is 6.11. The number of aliphatic hydroxyl groups excluding tert-OH is 1. The third kappa shape index (κ3) is 2.73. The Labute approximate surface area is 109 Å². The zero-order valence-electron chi connectivity index (χ0n) is 10.7. The maximum atomic E-state index is 12.2. The number of aryl methyl sites for hydroxylation is 1. The molecule has 1 aliphatic heterocycles. The van der Waals surface area contributed by atoms with E-state index in [1.54, 1.807) is 11.9 Å². The normalized spacial score (nSPS) is 16.6. The van der Waals surface area contributed by atoms with E-state index in [1.165, 1.54) is 10.9 Å². The van der Waals surface area contributed by atoms with E-state index in [2.05, 4.69) is 5.10 Å². The van der Waals surface area contributed by atoms with Crippen LogP contribution in [0.4, 0.5) is 5.69 Å². The van der Waals surface area contributed by atoms with Gasteiger partial charge in [0.15, 0.2) is 0 Å². The topological polar surface area (TPSA) is 101 Å². The van der Waals surface area contributed by atoms with Crippen LogP contribution in [0.5, 0.6) is 0 Å². The molecule has 0 aliphatic carbocycles. The summed E-state index contributed by atoms with van der Waals surface area (Å²) in [6.45, 7) is 1.11. The van der Waals surface area contributed by atoms with Crippen molar-refractivity contribution in [2.24, 2.45) is 13.0 Å². The molecule has 8 nitrogen and oxygen atoms in total. The minimum atomic E-state index is -0.597. The van der Waals surface area contributed by atoms with E-state index in [0.717, 1.165) is 0 Å². The van der Waals surface area contributed by atoms with Crippen molar-refractivity contribution >= 4 is 11.6 Å². The number of aliphatic hydroxyl groups is 1. The first kappa shape index (κ1) is 13.5. The Balaban J connectivity index is 2.14. The summed E-state index contributed by atoms with van der Waals surface area (Å²) >= 11 is 0. The number of hydrogen-bond donors (Lipinski definition) is 1. The molecule has 1 aliphatic rings. The van der Waals surface area contributed by atoms with Crippen LogP contribution in [-0.2, 0) is 7.05 Å². The Kier molecular flexibility index (Phi) is 3.79. The Hall–Kier alpha value is -1.96. The first-order chi connectivity index (χ1) is 9.02. The number of carbonyl (C=O) groups is 1. The second-order valence-corrected chi connectivity index (χ2v) is 4.71. The molecule has 0 unspecified atom stereocenters. The number of likely N-dealkylation sites (tertiary alicyclic amines) is 1. The average molecular weight is 268 g/mol. The van der Waals surface area contributed by atoms with Gasteiger partial charge >= 0.3 is 5.69 Å². The number of rotatable bonds is 3. The smallest absolute Gasteiger partial charge is 0.320 e. The fourth-order valence-corrected chi connectivity index (χ4v) is 2.23. The van der Waals surface area contributed by atoms with E-state index in [-0.39, 0.29) is 23.9 Å². The predicted octanol–water partition coefficient (Wildman–Crippen LogP) is 0.173. The molecule has 1 fully saturated rings. The molecule has 19 heavy (non-hydrogen) atoms. The van der Waals surface area contributed by atoms with Crippen molar-refractivity contribution in [2.45, 2.75) is 12.8 Å². The highest BCUT2D eigenvalue weighted by Gasteiger charge is 2.30. The molecule has 1 aromatic rings. The van der Waals surface area contributed by atoms with Gasteiger partial charge in [0, 0.05) is 26.7 Å². The van der Waals surface area contributed by atoms with Crippen molar-refractivity contribution in [3.63, 3.8) is 0 Å². The zero-order chi connectivity index (χ0) is 14.0. The third-order valence-corrected chi connectivity index (χ3v) is 3.37. The number of piperidine rings is 1. The maximum Gasteiger partial charge on any atom is 0.320 e. The molecule has 0 spiro atoms. The van der Waals surface area contributed by atoms with Gasteiger partial charge in [0.05, 0.1) is 4.92 Å². The summed E-state index contributed by atoms with van der Waals surface area (Å²) in [7, 11) is 1.54. The Morgan fingerprint density at radius 1 is 1.58 bits per heavy atom. The summed E-state index contributed by atoms with van der Waals surface area (Å²) in [5.41, 5.74) is -0.383. The number of amides is 1. The molecule has 0 radical (unpaired) electrons. The van der Waals surface area contributed by atoms with E-state index >= 15 is 0 Å². The minimum absolute atomic E-state index is 0.116. The molecule has 1 aromatic heterocycles. The number of nitro groups is 1. The van der Waals surface area contributed by atoms with Crippen LogP contribution in [0.2, 0.25) is 0 Å². The fourth-order valence-electron chi connectivity index (χ4n) is 2.23. The maximum absolute atomic E-state index is 12.2. The molecule has 8 heteroatoms. The molecule has 0 atom stereocenters. The highest BCUT2D eigenvalue weighted by atomic mass is 16.6. The predicted molar refractivity (Wildman–Crippen MR) is 65.6 cm³/mol. The molecule has 2 heterocycles. The largest absolute Gasteiger partial charge is 0.396 e. The lowest BCUT2D eigenvalue weighted by Crippen LogP contribution is -2.39. The van der Waals surface area contributed by atoms with Gasteiger partial charge in [-0.15, -0.1) is 0 Å². The molecule has 1 amide bonds. The van der Waals surface area contributed by atoms with Gasteiger partial charge in [0.2, 0.25) is 5.69 Å². The lowest BCUT2D eigenvalue weighted by molar-refractivity contribution is -0.385. The zero-order valence-corrected chi connectivity index (χ0v) is 10.7. The van der Waals surface area contributed by atoms with Crippen LogP contribution in [-0.4, -0.2) is 50.3 Å². The number of carbonyl (C=O) groups excluding carboxylic acids is 1. The van der Waals surface area contributed by atoms with Crippen molar-refractivity contribution in [1.29, 1.82) is 0 Å². The number of hydrogen-bond acceptors (Lipinski definition) is 5. The summed E-state index contributed by atoms with van der Waals surface area (Å²) in [5, 5.41) is 23.8. The van der Waals surface area contributed by atoms with Gasteiger partial charge in [-0.05, 0) is 18.8 Å². The number of nitrogens with zero attached hydrogens (tertiary/aromatic N) is 4. The second-order valence-electron chi connectivity index (χ2n) is 4.71. The SMILES string of the molecule is Cn1cc([N+](=O)[O-])c(C(=O)N2CCC(CO)CC2)n1. The summed E-state index contributed by atoms with van der Waals surface area (Å²) < 4.78 is 1.27. The lowest BCUT2D eigenvalue weighted by atomic mass is 9.98. The van der Waals surface area contributed by atoms with E-state index in [4.69, 9.17) is 5.11 Å². The molecule has 0 aromatic carbocycles. The first-order valence-corrected chi connectivity index (χ1v) is 6.11. The van der Waals surface area contributed by atoms with Crippen molar-refractivity contribution < 1.29 is 14.8 Å². The second kappa shape index (κ2) is 5.35. The van der Waals surface area contributed by atoms with E-state index in [0.29, 0.717) is 25.9 Å². The van der Waals surface area contributed by atoms with Gasteiger partial charge < -0.3 is 10.0 Å². The monoisotopic (exact) mass is 268 g/mol. The minimum Gasteiger partial charge on any atom is -0.396 e. The summed E-state index contributed by atoms with van der Waals surface area (Å²) in [5.74, 6) is -0.202. The van der Waals surface area contributed by atoms with Gasteiger partial charge in [-0.3, -0.25) is 19.6 Å². The Morgan fingerprint density at radius 2 is 2.21 bits per heavy atom. The molecule has 2 rings (SSSR count). The van der Waals surface area contributed by atoms with Crippen LogP contribution in [0.25, 0.3) is 0 Å². The fraction of sp³-hybridized carbons (Fsp3) is 0.636. The van der Waals surface area contributed by atoms with Crippen LogP contribution in [0.3, 0.4) is 0 Å². The molecule has 1 N–H and O–H groups in total. The highest BCUT2D eigenvalue weighted by Crippen LogP contribution is 2.22. The highest BCUT2D eigenvalue weighted by molar-refractivity contribution is 5.96. The van der Waals surface area contributed by atoms with Gasteiger partial charge in [0.25, 0.3) is 5.91 Å². The third-order valence-electron chi connectivity index (χ3n) is 3.37. The molecule has 1 saturated heterocycles. The van der Waals surface area contributed by atoms with Gasteiger partial charge in [0.1, 0.15) is 6.20 Å². The average Bonchev–Trinajstić information content (AvgIpc) is 2.80. The van der Waals surface area contributed by atoms with E-state index in [1.807, 2.05) is 0 Å². The Morgan fingerprint density at radius 3 is 2.74 bits per heavy atom. The van der Waals surface area contributed by atoms with E-state index < -0.39 is 10.8 Å².